The van der Waals surface area contributed by atoms with E-state index in [0.29, 0.717) is 0 Å². The Bertz CT molecular complexity index is 2350. The van der Waals surface area contributed by atoms with Crippen LogP contribution in [0.3, 0.4) is 0 Å². The molecular formula is C43H29N3. The molecule has 3 heteroatoms. The average Bonchev–Trinajstić information content (AvgIpc) is 3.64. The Morgan fingerprint density at radius 3 is 1.11 bits per heavy atom. The predicted molar refractivity (Wildman–Crippen MR) is 193 cm³/mol. The molecule has 10 rings (SSSR count). The van der Waals surface area contributed by atoms with Gasteiger partial charge in [-0.05, 0) is 83.9 Å². The Hall–Kier alpha value is -6.06. The smallest absolute Gasteiger partial charge is 0.0541 e. The Labute approximate surface area is 266 Å². The Balaban J connectivity index is 1.19. The highest BCUT2D eigenvalue weighted by molar-refractivity contribution is 6.10. The molecule has 0 aliphatic carbocycles. The molecule has 216 valence electrons. The van der Waals surface area contributed by atoms with Crippen molar-refractivity contribution in [2.75, 3.05) is 4.90 Å². The van der Waals surface area contributed by atoms with E-state index in [2.05, 4.69) is 178 Å². The third kappa shape index (κ3) is 3.60. The third-order valence-electron chi connectivity index (χ3n) is 9.68. The van der Waals surface area contributed by atoms with Crippen LogP contribution in [-0.2, 0) is 6.42 Å². The molecule has 0 N–H and O–H groups in total. The summed E-state index contributed by atoms with van der Waals surface area (Å²) in [5.41, 5.74) is 13.5. The second kappa shape index (κ2) is 9.72. The molecule has 1 aliphatic heterocycles. The van der Waals surface area contributed by atoms with Crippen LogP contribution in [0.4, 0.5) is 17.1 Å². The van der Waals surface area contributed by atoms with Gasteiger partial charge in [0.15, 0.2) is 0 Å². The minimum absolute atomic E-state index is 0.851. The van der Waals surface area contributed by atoms with Crippen molar-refractivity contribution in [3.8, 4) is 11.4 Å². The van der Waals surface area contributed by atoms with Crippen LogP contribution in [0, 0.1) is 0 Å². The first-order chi connectivity index (χ1) is 22.8. The third-order valence-corrected chi connectivity index (χ3v) is 9.68. The van der Waals surface area contributed by atoms with Crippen LogP contribution in [0.25, 0.3) is 55.0 Å². The fraction of sp³-hybridized carbons (Fsp3) is 0.0233. The summed E-state index contributed by atoms with van der Waals surface area (Å²) in [6.45, 7) is 0. The number of nitrogens with zero attached hydrogens (tertiary/aromatic N) is 3. The maximum absolute atomic E-state index is 2.43. The van der Waals surface area contributed by atoms with Gasteiger partial charge in [-0.1, -0.05) is 91.0 Å². The van der Waals surface area contributed by atoms with Crippen molar-refractivity contribution >= 4 is 60.7 Å². The van der Waals surface area contributed by atoms with Gasteiger partial charge in [-0.15, -0.1) is 0 Å². The molecule has 0 atom stereocenters. The molecule has 3 heterocycles. The van der Waals surface area contributed by atoms with Gasteiger partial charge in [0.2, 0.25) is 0 Å². The Morgan fingerprint density at radius 1 is 0.326 bits per heavy atom. The van der Waals surface area contributed by atoms with E-state index in [1.807, 2.05) is 0 Å². The molecule has 0 saturated carbocycles. The second-order valence-electron chi connectivity index (χ2n) is 12.2. The zero-order valence-corrected chi connectivity index (χ0v) is 25.1. The fourth-order valence-electron chi connectivity index (χ4n) is 7.73. The quantitative estimate of drug-likeness (QED) is 0.200. The van der Waals surface area contributed by atoms with Gasteiger partial charge in [0.05, 0.1) is 22.1 Å². The van der Waals surface area contributed by atoms with Gasteiger partial charge in [0, 0.05) is 56.4 Å². The summed E-state index contributed by atoms with van der Waals surface area (Å²) < 4.78 is 4.84. The molecule has 1 aliphatic rings. The normalized spacial score (nSPS) is 12.7. The zero-order chi connectivity index (χ0) is 30.2. The van der Waals surface area contributed by atoms with Crippen LogP contribution >= 0.6 is 0 Å². The lowest BCUT2D eigenvalue weighted by Crippen LogP contribution is -2.19. The van der Waals surface area contributed by atoms with Gasteiger partial charge in [-0.25, -0.2) is 0 Å². The van der Waals surface area contributed by atoms with Gasteiger partial charge >= 0.3 is 0 Å². The van der Waals surface area contributed by atoms with Crippen molar-refractivity contribution in [2.45, 2.75) is 6.42 Å². The number of hydrogen-bond donors (Lipinski definition) is 0. The van der Waals surface area contributed by atoms with E-state index in [4.69, 9.17) is 0 Å². The molecule has 0 unspecified atom stereocenters. The molecule has 0 bridgehead atoms. The van der Waals surface area contributed by atoms with Crippen molar-refractivity contribution < 1.29 is 0 Å². The molecule has 3 nitrogen and oxygen atoms in total. The fourth-order valence-corrected chi connectivity index (χ4v) is 7.73. The summed E-state index contributed by atoms with van der Waals surface area (Å²) in [6.07, 6.45) is 0.851. The average molecular weight is 588 g/mol. The number of aromatic nitrogens is 2. The molecule has 0 spiro atoms. The number of hydrogen-bond acceptors (Lipinski definition) is 1. The molecule has 0 radical (unpaired) electrons. The van der Waals surface area contributed by atoms with Crippen LogP contribution in [0.15, 0.2) is 164 Å². The van der Waals surface area contributed by atoms with E-state index in [1.165, 1.54) is 83.2 Å². The highest BCUT2D eigenvalue weighted by Crippen LogP contribution is 2.46. The molecule has 7 aromatic carbocycles. The standard InChI is InChI=1S/C43H29N3/c1-2-12-31(13-3-1)44-38-24-22-32(45-40-18-8-4-14-34(40)35-15-5-9-19-41(35)45)27-29(38)26-30-28-33(23-25-39(30)44)46-42-20-10-6-16-36(42)37-17-7-11-21-43(37)46/h1-25,27-28H,26H2. The second-order valence-corrected chi connectivity index (χ2v) is 12.2. The highest BCUT2D eigenvalue weighted by atomic mass is 15.2. The van der Waals surface area contributed by atoms with E-state index < -0.39 is 0 Å². The van der Waals surface area contributed by atoms with E-state index in [0.717, 1.165) is 6.42 Å². The number of para-hydroxylation sites is 5. The topological polar surface area (TPSA) is 13.1 Å². The molecule has 0 fully saturated rings. The molecular weight excluding hydrogens is 558 g/mol. The maximum atomic E-state index is 2.43. The summed E-state index contributed by atoms with van der Waals surface area (Å²) in [5, 5.41) is 5.12. The number of benzene rings is 7. The van der Waals surface area contributed by atoms with Gasteiger partial charge in [0.25, 0.3) is 0 Å². The first-order valence-electron chi connectivity index (χ1n) is 15.9. The number of anilines is 3. The first-order valence-corrected chi connectivity index (χ1v) is 15.9. The van der Waals surface area contributed by atoms with Gasteiger partial charge in [-0.2, -0.15) is 0 Å². The molecule has 0 amide bonds. The lowest BCUT2D eigenvalue weighted by molar-refractivity contribution is 1.06. The minimum atomic E-state index is 0.851. The first kappa shape index (κ1) is 25.3. The van der Waals surface area contributed by atoms with Crippen LogP contribution in [-0.4, -0.2) is 9.13 Å². The Morgan fingerprint density at radius 2 is 0.696 bits per heavy atom. The molecule has 46 heavy (non-hydrogen) atoms. The molecule has 2 aromatic heterocycles. The van der Waals surface area contributed by atoms with E-state index in [1.54, 1.807) is 0 Å². The summed E-state index contributed by atoms with van der Waals surface area (Å²) in [7, 11) is 0. The lowest BCUT2D eigenvalue weighted by atomic mass is 9.93. The van der Waals surface area contributed by atoms with Crippen LogP contribution in [0.1, 0.15) is 11.1 Å². The van der Waals surface area contributed by atoms with Crippen molar-refractivity contribution in [1.29, 1.82) is 0 Å². The van der Waals surface area contributed by atoms with Gasteiger partial charge in [-0.3, -0.25) is 0 Å². The Kier molecular flexibility index (Phi) is 5.34. The van der Waals surface area contributed by atoms with E-state index >= 15 is 0 Å². The van der Waals surface area contributed by atoms with Crippen molar-refractivity contribution in [3.05, 3.63) is 175 Å². The molecule has 0 saturated heterocycles. The highest BCUT2D eigenvalue weighted by Gasteiger charge is 2.26. The summed E-state index contributed by atoms with van der Waals surface area (Å²) >= 11 is 0. The maximum Gasteiger partial charge on any atom is 0.0541 e. The monoisotopic (exact) mass is 587 g/mol. The largest absolute Gasteiger partial charge is 0.310 e. The predicted octanol–water partition coefficient (Wildman–Crippen LogP) is 11.3. The minimum Gasteiger partial charge on any atom is -0.310 e. The summed E-state index contributed by atoms with van der Waals surface area (Å²) in [6, 6.07) is 59.7. The SMILES string of the molecule is c1ccc(N2c3ccc(-n4c5ccccc5c5ccccc54)cc3Cc3cc(-n4c5ccccc5c5ccccc54)ccc32)cc1. The molecule has 9 aromatic rings. The van der Waals surface area contributed by atoms with Crippen molar-refractivity contribution in [2.24, 2.45) is 0 Å². The van der Waals surface area contributed by atoms with E-state index in [9.17, 15) is 0 Å². The summed E-state index contributed by atoms with van der Waals surface area (Å²) in [5.74, 6) is 0. The number of fused-ring (bicyclic) bond motifs is 8. The van der Waals surface area contributed by atoms with Gasteiger partial charge in [0.1, 0.15) is 0 Å². The van der Waals surface area contributed by atoms with Crippen LogP contribution in [0.5, 0.6) is 0 Å². The van der Waals surface area contributed by atoms with Crippen LogP contribution in [0.2, 0.25) is 0 Å². The van der Waals surface area contributed by atoms with Crippen molar-refractivity contribution in [3.63, 3.8) is 0 Å². The lowest BCUT2D eigenvalue weighted by Gasteiger charge is -2.34. The number of rotatable bonds is 3. The van der Waals surface area contributed by atoms with Gasteiger partial charge < -0.3 is 14.0 Å². The summed E-state index contributed by atoms with van der Waals surface area (Å²) in [4.78, 5) is 2.43. The van der Waals surface area contributed by atoms with E-state index in [-0.39, 0.29) is 0 Å². The zero-order valence-electron chi connectivity index (χ0n) is 25.1. The van der Waals surface area contributed by atoms with Crippen LogP contribution < -0.4 is 4.90 Å². The van der Waals surface area contributed by atoms with Crippen molar-refractivity contribution in [1.82, 2.24) is 9.13 Å².